The van der Waals surface area contributed by atoms with Crippen LogP contribution in [0.2, 0.25) is 0 Å². The molecule has 0 atom stereocenters. The van der Waals surface area contributed by atoms with Crippen LogP contribution >= 0.6 is 23.2 Å². The van der Waals surface area contributed by atoms with Crippen molar-refractivity contribution in [2.75, 3.05) is 14.2 Å². The van der Waals surface area contributed by atoms with E-state index < -0.39 is 32.3 Å². The van der Waals surface area contributed by atoms with Gasteiger partial charge in [0.2, 0.25) is 9.84 Å². The molecule has 2 aromatic carbocycles. The van der Waals surface area contributed by atoms with Crippen molar-refractivity contribution in [1.82, 2.24) is 0 Å². The molecule has 0 heterocycles. The lowest BCUT2D eigenvalue weighted by Crippen LogP contribution is -2.12. The molecule has 11 heteroatoms. The summed E-state index contributed by atoms with van der Waals surface area (Å²) >= 11 is 10.9. The average Bonchev–Trinajstić information content (AvgIpc) is 2.71. The second-order valence-electron chi connectivity index (χ2n) is 5.45. The van der Waals surface area contributed by atoms with E-state index in [-0.39, 0.29) is 32.0 Å². The van der Waals surface area contributed by atoms with E-state index in [1.54, 1.807) is 0 Å². The lowest BCUT2D eigenvalue weighted by Gasteiger charge is -2.11. The third-order valence-corrected chi connectivity index (χ3v) is 5.99. The molecule has 0 spiro atoms. The minimum atomic E-state index is -4.28. The Bertz CT molecular complexity index is 1060. The van der Waals surface area contributed by atoms with Crippen LogP contribution in [0, 0.1) is 0 Å². The molecule has 8 nitrogen and oxygen atoms in total. The number of ether oxygens (including phenoxy) is 2. The average molecular weight is 459 g/mol. The first-order chi connectivity index (χ1) is 13.5. The number of methoxy groups -OCH3 is 2. The molecule has 152 valence electrons. The topological polar surface area (TPSA) is 121 Å². The first kappa shape index (κ1) is 22.5. The number of hydrogen-bond donors (Lipinski definition) is 0. The molecule has 0 aliphatic carbocycles. The van der Waals surface area contributed by atoms with Gasteiger partial charge in [-0.25, -0.2) is 18.0 Å². The Morgan fingerprint density at radius 3 is 1.31 bits per heavy atom. The Kier molecular flexibility index (Phi) is 6.78. The molecule has 0 amide bonds. The number of halogens is 2. The van der Waals surface area contributed by atoms with E-state index in [2.05, 4.69) is 9.47 Å². The zero-order valence-electron chi connectivity index (χ0n) is 14.9. The van der Waals surface area contributed by atoms with Gasteiger partial charge in [-0.05, 0) is 59.6 Å². The molecular weight excluding hydrogens is 447 g/mol. The second kappa shape index (κ2) is 8.73. The highest BCUT2D eigenvalue weighted by molar-refractivity contribution is 7.91. The molecule has 0 aliphatic heterocycles. The van der Waals surface area contributed by atoms with Gasteiger partial charge >= 0.3 is 11.9 Å². The highest BCUT2D eigenvalue weighted by Gasteiger charge is 2.26. The van der Waals surface area contributed by atoms with Crippen LogP contribution in [0.5, 0.6) is 0 Å². The van der Waals surface area contributed by atoms with Gasteiger partial charge in [-0.15, -0.1) is 0 Å². The highest BCUT2D eigenvalue weighted by Crippen LogP contribution is 2.27. The van der Waals surface area contributed by atoms with Crippen molar-refractivity contribution >= 4 is 55.5 Å². The molecule has 0 fully saturated rings. The lowest BCUT2D eigenvalue weighted by molar-refractivity contribution is 0.0590. The first-order valence-electron chi connectivity index (χ1n) is 7.64. The summed E-state index contributed by atoms with van der Waals surface area (Å²) in [6.45, 7) is 0. The van der Waals surface area contributed by atoms with E-state index in [1.807, 2.05) is 0 Å². The van der Waals surface area contributed by atoms with Gasteiger partial charge < -0.3 is 9.47 Å². The van der Waals surface area contributed by atoms with Gasteiger partial charge in [0.1, 0.15) is 0 Å². The van der Waals surface area contributed by atoms with Crippen molar-refractivity contribution < 1.29 is 37.1 Å². The Hall–Kier alpha value is -2.75. The smallest absolute Gasteiger partial charge is 0.338 e. The van der Waals surface area contributed by atoms with Crippen LogP contribution in [0.25, 0.3) is 0 Å². The van der Waals surface area contributed by atoms with Crippen LogP contribution in [0.4, 0.5) is 0 Å². The lowest BCUT2D eigenvalue weighted by atomic mass is 10.1. The Morgan fingerprint density at radius 1 is 0.690 bits per heavy atom. The van der Waals surface area contributed by atoms with Crippen molar-refractivity contribution in [3.05, 3.63) is 58.7 Å². The van der Waals surface area contributed by atoms with E-state index >= 15 is 0 Å². The number of hydrogen-bond acceptors (Lipinski definition) is 8. The van der Waals surface area contributed by atoms with Crippen molar-refractivity contribution in [3.8, 4) is 0 Å². The van der Waals surface area contributed by atoms with Gasteiger partial charge in [0.05, 0.1) is 35.1 Å². The minimum Gasteiger partial charge on any atom is -0.465 e. The SMILES string of the molecule is COC(=O)c1ccc(S(=O)(=O)c2ccc(C(=O)OC)c(C(=O)Cl)c2)cc1C(=O)Cl. The number of sulfone groups is 1. The van der Waals surface area contributed by atoms with Crippen molar-refractivity contribution in [1.29, 1.82) is 0 Å². The van der Waals surface area contributed by atoms with E-state index in [9.17, 15) is 27.6 Å². The summed E-state index contributed by atoms with van der Waals surface area (Å²) in [5.74, 6) is -1.76. The van der Waals surface area contributed by atoms with Gasteiger partial charge in [-0.2, -0.15) is 0 Å². The molecule has 0 saturated carbocycles. The van der Waals surface area contributed by atoms with Gasteiger partial charge in [0, 0.05) is 11.1 Å². The molecule has 0 bridgehead atoms. The predicted molar refractivity (Wildman–Crippen MR) is 101 cm³/mol. The molecular formula is C18H12Cl2O8S. The number of benzene rings is 2. The monoisotopic (exact) mass is 458 g/mol. The number of esters is 2. The fourth-order valence-corrected chi connectivity index (χ4v) is 4.04. The Labute approximate surface area is 175 Å². The summed E-state index contributed by atoms with van der Waals surface area (Å²) in [6, 6.07) is 6.11. The second-order valence-corrected chi connectivity index (χ2v) is 8.09. The summed E-state index contributed by atoms with van der Waals surface area (Å²) in [4.78, 5) is 46.0. The fourth-order valence-electron chi connectivity index (χ4n) is 2.42. The maximum Gasteiger partial charge on any atom is 0.338 e. The summed E-state index contributed by atoms with van der Waals surface area (Å²) in [5.41, 5.74) is -1.19. The molecule has 0 N–H and O–H groups in total. The molecule has 2 aromatic rings. The maximum absolute atomic E-state index is 12.9. The Morgan fingerprint density at radius 2 is 1.03 bits per heavy atom. The van der Waals surface area contributed by atoms with Gasteiger partial charge in [0.15, 0.2) is 0 Å². The minimum absolute atomic E-state index is 0.218. The van der Waals surface area contributed by atoms with E-state index in [0.29, 0.717) is 0 Å². The van der Waals surface area contributed by atoms with Gasteiger partial charge in [-0.1, -0.05) is 0 Å². The third kappa shape index (κ3) is 4.47. The summed E-state index contributed by atoms with van der Waals surface area (Å²) in [5, 5.41) is -2.14. The zero-order valence-corrected chi connectivity index (χ0v) is 17.2. The van der Waals surface area contributed by atoms with Crippen molar-refractivity contribution in [3.63, 3.8) is 0 Å². The number of carbonyl (C=O) groups excluding carboxylic acids is 4. The maximum atomic E-state index is 12.9. The molecule has 0 unspecified atom stereocenters. The summed E-state index contributed by atoms with van der Waals surface area (Å²) in [7, 11) is -2.10. The number of rotatable bonds is 6. The summed E-state index contributed by atoms with van der Waals surface area (Å²) < 4.78 is 34.9. The normalized spacial score (nSPS) is 10.9. The number of carbonyl (C=O) groups is 4. The third-order valence-electron chi connectivity index (χ3n) is 3.84. The van der Waals surface area contributed by atoms with Crippen LogP contribution < -0.4 is 0 Å². The molecule has 0 radical (unpaired) electrons. The van der Waals surface area contributed by atoms with Crippen LogP contribution in [0.15, 0.2) is 46.2 Å². The van der Waals surface area contributed by atoms with Crippen molar-refractivity contribution in [2.45, 2.75) is 9.79 Å². The van der Waals surface area contributed by atoms with Gasteiger partial charge in [0.25, 0.3) is 10.5 Å². The van der Waals surface area contributed by atoms with Gasteiger partial charge in [-0.3, -0.25) is 9.59 Å². The summed E-state index contributed by atoms with van der Waals surface area (Å²) in [6.07, 6.45) is 0. The van der Waals surface area contributed by atoms with E-state index in [4.69, 9.17) is 23.2 Å². The fraction of sp³-hybridized carbons (Fsp3) is 0.111. The quantitative estimate of drug-likeness (QED) is 0.478. The standard InChI is InChI=1S/C18H12Cl2O8S/c1-27-17(23)11-5-3-9(7-13(11)15(19)21)29(25,26)10-4-6-12(18(24)28-2)14(8-10)16(20)22/h3-8H,1-2H3. The molecule has 0 saturated heterocycles. The molecule has 0 aliphatic rings. The molecule has 0 aromatic heterocycles. The zero-order chi connectivity index (χ0) is 21.9. The first-order valence-corrected chi connectivity index (χ1v) is 9.88. The predicted octanol–water partition coefficient (Wildman–Crippen LogP) is 2.85. The van der Waals surface area contributed by atoms with Crippen LogP contribution in [0.3, 0.4) is 0 Å². The highest BCUT2D eigenvalue weighted by atomic mass is 35.5. The largest absolute Gasteiger partial charge is 0.465 e. The van der Waals surface area contributed by atoms with Crippen LogP contribution in [-0.4, -0.2) is 45.1 Å². The van der Waals surface area contributed by atoms with Crippen LogP contribution in [-0.2, 0) is 19.3 Å². The molecule has 29 heavy (non-hydrogen) atoms. The van der Waals surface area contributed by atoms with Crippen LogP contribution in [0.1, 0.15) is 41.4 Å². The molecule has 2 rings (SSSR count). The van der Waals surface area contributed by atoms with E-state index in [0.717, 1.165) is 50.6 Å². The van der Waals surface area contributed by atoms with E-state index in [1.165, 1.54) is 0 Å². The van der Waals surface area contributed by atoms with Crippen molar-refractivity contribution in [2.24, 2.45) is 0 Å². The Balaban J connectivity index is 2.67.